The van der Waals surface area contributed by atoms with Crippen LogP contribution < -0.4 is 11.2 Å². The van der Waals surface area contributed by atoms with E-state index in [1.165, 1.54) is 0 Å². The lowest BCUT2D eigenvalue weighted by Gasteiger charge is -2.16. The molecule has 0 radical (unpaired) electrons. The number of aliphatic hydroxyl groups is 2. The summed E-state index contributed by atoms with van der Waals surface area (Å²) in [4.78, 5) is 24.1. The van der Waals surface area contributed by atoms with E-state index in [2.05, 4.69) is 0 Å². The molecule has 3 N–H and O–H groups in total. The van der Waals surface area contributed by atoms with Crippen LogP contribution in [0.3, 0.4) is 0 Å². The normalized spacial score (nSPS) is 31.8. The molecule has 0 aromatic carbocycles. The molecule has 1 fully saturated rings. The molecular weight excluding hydrogens is 271 g/mol. The fourth-order valence-corrected chi connectivity index (χ4v) is 2.07. The SMILES string of the molecule is O=c1[nH]c(=O)n([C@@H]2O[C@H](CO)[C@@H](O)[C@@H]2Cl)cc1F. The molecule has 7 nitrogen and oxygen atoms in total. The number of alkyl halides is 1. The van der Waals surface area contributed by atoms with E-state index < -0.39 is 47.5 Å². The molecule has 1 aliphatic rings. The van der Waals surface area contributed by atoms with Gasteiger partial charge in [0.05, 0.1) is 12.8 Å². The van der Waals surface area contributed by atoms with Crippen LogP contribution in [0.1, 0.15) is 6.23 Å². The van der Waals surface area contributed by atoms with Gasteiger partial charge in [0, 0.05) is 0 Å². The van der Waals surface area contributed by atoms with Crippen molar-refractivity contribution in [3.8, 4) is 0 Å². The first-order chi connectivity index (χ1) is 8.45. The average molecular weight is 281 g/mol. The van der Waals surface area contributed by atoms with Crippen LogP contribution >= 0.6 is 11.6 Å². The minimum Gasteiger partial charge on any atom is -0.394 e. The van der Waals surface area contributed by atoms with E-state index in [4.69, 9.17) is 21.4 Å². The number of nitrogens with zero attached hydrogens (tertiary/aromatic N) is 1. The van der Waals surface area contributed by atoms with Gasteiger partial charge in [-0.1, -0.05) is 0 Å². The molecule has 1 aromatic rings. The molecule has 1 aromatic heterocycles. The third-order valence-corrected chi connectivity index (χ3v) is 3.15. The molecule has 2 rings (SSSR count). The van der Waals surface area contributed by atoms with Crippen molar-refractivity contribution in [2.45, 2.75) is 23.8 Å². The van der Waals surface area contributed by atoms with Crippen molar-refractivity contribution in [3.05, 3.63) is 32.9 Å². The molecule has 0 saturated carbocycles. The fourth-order valence-electron chi connectivity index (χ4n) is 1.73. The zero-order chi connectivity index (χ0) is 13.4. The van der Waals surface area contributed by atoms with E-state index >= 15 is 0 Å². The summed E-state index contributed by atoms with van der Waals surface area (Å²) in [5.41, 5.74) is -2.07. The number of aliphatic hydroxyl groups excluding tert-OH is 2. The average Bonchev–Trinajstić information content (AvgIpc) is 2.61. The number of rotatable bonds is 2. The van der Waals surface area contributed by atoms with E-state index in [9.17, 15) is 19.1 Å². The lowest BCUT2D eigenvalue weighted by molar-refractivity contribution is -0.0460. The van der Waals surface area contributed by atoms with Crippen LogP contribution in [0.2, 0.25) is 0 Å². The van der Waals surface area contributed by atoms with Crippen molar-refractivity contribution >= 4 is 11.6 Å². The van der Waals surface area contributed by atoms with Crippen molar-refractivity contribution in [1.29, 1.82) is 0 Å². The number of ether oxygens (including phenoxy) is 1. The highest BCUT2D eigenvalue weighted by Crippen LogP contribution is 2.32. The summed E-state index contributed by atoms with van der Waals surface area (Å²) >= 11 is 5.84. The van der Waals surface area contributed by atoms with Gasteiger partial charge in [0.1, 0.15) is 17.6 Å². The number of halogens is 2. The number of nitrogens with one attached hydrogen (secondary N) is 1. The summed E-state index contributed by atoms with van der Waals surface area (Å²) in [5, 5.41) is 17.5. The Kier molecular flexibility index (Phi) is 3.53. The van der Waals surface area contributed by atoms with Crippen LogP contribution in [0, 0.1) is 5.82 Å². The topological polar surface area (TPSA) is 105 Å². The van der Waals surface area contributed by atoms with Gasteiger partial charge in [-0.15, -0.1) is 11.6 Å². The van der Waals surface area contributed by atoms with Crippen LogP contribution in [0.4, 0.5) is 4.39 Å². The monoisotopic (exact) mass is 280 g/mol. The Morgan fingerprint density at radius 1 is 1.56 bits per heavy atom. The van der Waals surface area contributed by atoms with Crippen LogP contribution in [-0.4, -0.2) is 44.0 Å². The molecular formula is C9H10ClFN2O5. The zero-order valence-corrected chi connectivity index (χ0v) is 9.67. The van der Waals surface area contributed by atoms with E-state index in [1.54, 1.807) is 4.98 Å². The standard InChI is InChI=1S/C9H10ClFN2O5/c10-5-6(15)4(2-14)18-8(5)13-1-3(11)7(16)12-9(13)17/h1,4-6,8,14-15H,2H2,(H,12,16,17)/t4-,5+,6-,8-/m1/s1. The summed E-state index contributed by atoms with van der Waals surface area (Å²) in [5.74, 6) is -1.18. The maximum absolute atomic E-state index is 13.1. The molecule has 2 heterocycles. The summed E-state index contributed by atoms with van der Waals surface area (Å²) in [7, 11) is 0. The van der Waals surface area contributed by atoms with Crippen LogP contribution in [-0.2, 0) is 4.74 Å². The largest absolute Gasteiger partial charge is 0.394 e. The maximum Gasteiger partial charge on any atom is 0.330 e. The molecule has 1 saturated heterocycles. The fraction of sp³-hybridized carbons (Fsp3) is 0.556. The number of aromatic amines is 1. The lowest BCUT2D eigenvalue weighted by atomic mass is 10.2. The Labute approximate surface area is 104 Å². The van der Waals surface area contributed by atoms with Crippen molar-refractivity contribution in [2.75, 3.05) is 6.61 Å². The highest BCUT2D eigenvalue weighted by molar-refractivity contribution is 6.21. The third-order valence-electron chi connectivity index (χ3n) is 2.67. The van der Waals surface area contributed by atoms with Gasteiger partial charge >= 0.3 is 5.69 Å². The smallest absolute Gasteiger partial charge is 0.330 e. The molecule has 0 unspecified atom stereocenters. The highest BCUT2D eigenvalue weighted by Gasteiger charge is 2.43. The highest BCUT2D eigenvalue weighted by atomic mass is 35.5. The van der Waals surface area contributed by atoms with Gasteiger partial charge in [0.25, 0.3) is 5.56 Å². The molecule has 100 valence electrons. The predicted octanol–water partition coefficient (Wildman–Crippen LogP) is -1.47. The van der Waals surface area contributed by atoms with Crippen molar-refractivity contribution in [3.63, 3.8) is 0 Å². The minimum absolute atomic E-state index is 0.499. The second-order valence-electron chi connectivity index (χ2n) is 3.83. The second kappa shape index (κ2) is 4.81. The van der Waals surface area contributed by atoms with E-state index in [0.29, 0.717) is 6.20 Å². The number of hydrogen-bond acceptors (Lipinski definition) is 5. The predicted molar refractivity (Wildman–Crippen MR) is 57.9 cm³/mol. The van der Waals surface area contributed by atoms with Crippen LogP contribution in [0.15, 0.2) is 15.8 Å². The van der Waals surface area contributed by atoms with Gasteiger partial charge in [0.15, 0.2) is 6.23 Å². The Balaban J connectivity index is 2.42. The van der Waals surface area contributed by atoms with Crippen molar-refractivity contribution < 1.29 is 19.3 Å². The molecule has 18 heavy (non-hydrogen) atoms. The van der Waals surface area contributed by atoms with Gasteiger partial charge in [-0.3, -0.25) is 14.3 Å². The Bertz CT molecular complexity index is 559. The van der Waals surface area contributed by atoms with Crippen molar-refractivity contribution in [1.82, 2.24) is 9.55 Å². The summed E-state index contributed by atoms with van der Waals surface area (Å²) in [6, 6.07) is 0. The summed E-state index contributed by atoms with van der Waals surface area (Å²) in [6.45, 7) is -0.499. The number of aromatic nitrogens is 2. The Morgan fingerprint density at radius 2 is 2.22 bits per heavy atom. The van der Waals surface area contributed by atoms with E-state index in [1.807, 2.05) is 0 Å². The first kappa shape index (κ1) is 13.2. The maximum atomic E-state index is 13.1. The van der Waals surface area contributed by atoms with Gasteiger partial charge in [-0.05, 0) is 0 Å². The lowest BCUT2D eigenvalue weighted by Crippen LogP contribution is -2.36. The van der Waals surface area contributed by atoms with Gasteiger partial charge in [-0.25, -0.2) is 4.79 Å². The molecule has 4 atom stereocenters. The van der Waals surface area contributed by atoms with Crippen LogP contribution in [0.5, 0.6) is 0 Å². The third kappa shape index (κ3) is 2.07. The molecule has 0 amide bonds. The second-order valence-corrected chi connectivity index (χ2v) is 4.33. The van der Waals surface area contributed by atoms with Crippen molar-refractivity contribution in [2.24, 2.45) is 0 Å². The van der Waals surface area contributed by atoms with Gasteiger partial charge < -0.3 is 14.9 Å². The molecule has 0 bridgehead atoms. The number of hydrogen-bond donors (Lipinski definition) is 3. The summed E-state index contributed by atoms with van der Waals surface area (Å²) < 4.78 is 19.0. The first-order valence-corrected chi connectivity index (χ1v) is 5.48. The summed E-state index contributed by atoms with van der Waals surface area (Å²) in [6.07, 6.45) is -2.70. The Hall–Kier alpha value is -1.22. The molecule has 1 aliphatic heterocycles. The van der Waals surface area contributed by atoms with Gasteiger partial charge in [-0.2, -0.15) is 4.39 Å². The van der Waals surface area contributed by atoms with E-state index in [0.717, 1.165) is 4.57 Å². The minimum atomic E-state index is -1.21. The van der Waals surface area contributed by atoms with Crippen LogP contribution in [0.25, 0.3) is 0 Å². The zero-order valence-electron chi connectivity index (χ0n) is 8.92. The Morgan fingerprint density at radius 3 is 2.78 bits per heavy atom. The van der Waals surface area contributed by atoms with E-state index in [-0.39, 0.29) is 0 Å². The first-order valence-electron chi connectivity index (χ1n) is 5.05. The molecule has 0 spiro atoms. The molecule has 9 heteroatoms. The quantitative estimate of drug-likeness (QED) is 0.574. The number of H-pyrrole nitrogens is 1. The molecule has 0 aliphatic carbocycles. The van der Waals surface area contributed by atoms with Gasteiger partial charge in [0.2, 0.25) is 5.82 Å².